The van der Waals surface area contributed by atoms with Gasteiger partial charge in [0.1, 0.15) is 16.2 Å². The summed E-state index contributed by atoms with van der Waals surface area (Å²) < 4.78 is 8.06. The first-order valence-electron chi connectivity index (χ1n) is 19.2. The summed E-state index contributed by atoms with van der Waals surface area (Å²) >= 11 is 1.73. The zero-order valence-electron chi connectivity index (χ0n) is 31.1. The second kappa shape index (κ2) is 14.2. The van der Waals surface area contributed by atoms with Crippen LogP contribution in [-0.2, 0) is 0 Å². The number of thiazole rings is 1. The molecular formula is C52H32N4OS. The summed E-state index contributed by atoms with van der Waals surface area (Å²) in [5.74, 6) is 1.88. The van der Waals surface area contributed by atoms with E-state index in [9.17, 15) is 0 Å². The van der Waals surface area contributed by atoms with Gasteiger partial charge in [-0.15, -0.1) is 11.3 Å². The van der Waals surface area contributed by atoms with Gasteiger partial charge in [-0.25, -0.2) is 19.9 Å². The number of benzene rings is 8. The maximum Gasteiger partial charge on any atom is 0.164 e. The Labute approximate surface area is 338 Å². The quantitative estimate of drug-likeness (QED) is 0.162. The Morgan fingerprint density at radius 3 is 1.43 bits per heavy atom. The largest absolute Gasteiger partial charge is 0.455 e. The Kier molecular flexibility index (Phi) is 8.26. The van der Waals surface area contributed by atoms with Crippen molar-refractivity contribution in [1.29, 1.82) is 0 Å². The lowest BCUT2D eigenvalue weighted by Gasteiger charge is -2.10. The molecule has 0 N–H and O–H groups in total. The molecule has 0 saturated heterocycles. The molecule has 0 amide bonds. The summed E-state index contributed by atoms with van der Waals surface area (Å²) in [7, 11) is 0. The van der Waals surface area contributed by atoms with Crippen molar-refractivity contribution >= 4 is 43.5 Å². The maximum atomic E-state index is 6.88. The Morgan fingerprint density at radius 1 is 0.328 bits per heavy atom. The summed E-state index contributed by atoms with van der Waals surface area (Å²) in [6, 6.07) is 66.9. The Morgan fingerprint density at radius 2 is 0.810 bits per heavy atom. The minimum Gasteiger partial charge on any atom is -0.455 e. The molecule has 6 heteroatoms. The van der Waals surface area contributed by atoms with Gasteiger partial charge in [-0.3, -0.25) is 0 Å². The number of hydrogen-bond donors (Lipinski definition) is 0. The fraction of sp³-hybridized carbons (Fsp3) is 0. The van der Waals surface area contributed by atoms with Gasteiger partial charge in [0, 0.05) is 44.2 Å². The van der Waals surface area contributed by atoms with Gasteiger partial charge < -0.3 is 4.42 Å². The van der Waals surface area contributed by atoms with Crippen molar-refractivity contribution in [1.82, 2.24) is 19.9 Å². The van der Waals surface area contributed by atoms with Gasteiger partial charge in [0.15, 0.2) is 17.5 Å². The molecule has 0 atom stereocenters. The molecule has 11 aromatic rings. The van der Waals surface area contributed by atoms with Gasteiger partial charge in [-0.2, -0.15) is 0 Å². The predicted molar refractivity (Wildman–Crippen MR) is 238 cm³/mol. The lowest BCUT2D eigenvalue weighted by atomic mass is 9.98. The molecule has 11 rings (SSSR count). The molecule has 0 aliphatic carbocycles. The minimum absolute atomic E-state index is 0.612. The van der Waals surface area contributed by atoms with Crippen LogP contribution in [0.15, 0.2) is 199 Å². The standard InChI is InChI=1S/C52H32N4OS/c1-4-13-35(14-5-1)49-54-50(36-15-6-2-7-16-36)56-51(55-49)40-20-10-19-39(31-40)42-22-12-24-44-43-23-11-21-41(47(43)57-48(42)44)34-27-25-33(26-28-34)38-29-30-46-45(32-38)53-52(58-46)37-17-8-3-9-18-37/h1-32H. The number of nitrogens with zero attached hydrogens (tertiary/aromatic N) is 4. The van der Waals surface area contributed by atoms with E-state index in [1.54, 1.807) is 11.3 Å². The van der Waals surface area contributed by atoms with Crippen molar-refractivity contribution in [3.8, 4) is 78.1 Å². The zero-order chi connectivity index (χ0) is 38.4. The van der Waals surface area contributed by atoms with E-state index in [0.717, 1.165) is 88.1 Å². The fourth-order valence-electron chi connectivity index (χ4n) is 7.69. The molecule has 5 nitrogen and oxygen atoms in total. The molecule has 0 unspecified atom stereocenters. The van der Waals surface area contributed by atoms with E-state index in [-0.39, 0.29) is 0 Å². The summed E-state index contributed by atoms with van der Waals surface area (Å²) in [6.45, 7) is 0. The van der Waals surface area contributed by atoms with Crippen LogP contribution in [0.1, 0.15) is 0 Å². The summed E-state index contributed by atoms with van der Waals surface area (Å²) in [4.78, 5) is 19.8. The Hall–Kier alpha value is -7.54. The van der Waals surface area contributed by atoms with E-state index in [4.69, 9.17) is 24.4 Å². The van der Waals surface area contributed by atoms with Crippen LogP contribution in [0.5, 0.6) is 0 Å². The smallest absolute Gasteiger partial charge is 0.164 e. The highest BCUT2D eigenvalue weighted by Crippen LogP contribution is 2.41. The molecule has 0 saturated carbocycles. The second-order valence-electron chi connectivity index (χ2n) is 14.2. The molecule has 0 aliphatic rings. The molecule has 0 spiro atoms. The highest BCUT2D eigenvalue weighted by Gasteiger charge is 2.18. The van der Waals surface area contributed by atoms with Crippen molar-refractivity contribution in [2.45, 2.75) is 0 Å². The zero-order valence-corrected chi connectivity index (χ0v) is 31.9. The number of fused-ring (bicyclic) bond motifs is 4. The van der Waals surface area contributed by atoms with Crippen LogP contribution in [0.3, 0.4) is 0 Å². The molecule has 3 aromatic heterocycles. The number of furan rings is 1. The van der Waals surface area contributed by atoms with Gasteiger partial charge in [-0.1, -0.05) is 176 Å². The molecule has 58 heavy (non-hydrogen) atoms. The topological polar surface area (TPSA) is 64.7 Å². The third-order valence-corrected chi connectivity index (χ3v) is 11.7. The first-order chi connectivity index (χ1) is 28.7. The lowest BCUT2D eigenvalue weighted by Crippen LogP contribution is -2.00. The second-order valence-corrected chi connectivity index (χ2v) is 15.3. The Balaban J connectivity index is 0.952. The third kappa shape index (κ3) is 6.13. The highest BCUT2D eigenvalue weighted by molar-refractivity contribution is 7.21. The van der Waals surface area contributed by atoms with Crippen LogP contribution in [-0.4, -0.2) is 19.9 Å². The van der Waals surface area contributed by atoms with Crippen molar-refractivity contribution < 1.29 is 4.42 Å². The molecule has 0 aliphatic heterocycles. The van der Waals surface area contributed by atoms with Crippen LogP contribution < -0.4 is 0 Å². The van der Waals surface area contributed by atoms with Crippen LogP contribution in [0.4, 0.5) is 0 Å². The normalized spacial score (nSPS) is 11.4. The third-order valence-electron chi connectivity index (χ3n) is 10.6. The average molecular weight is 761 g/mol. The predicted octanol–water partition coefficient (Wildman–Crippen LogP) is 14.0. The van der Waals surface area contributed by atoms with Crippen molar-refractivity contribution in [2.24, 2.45) is 0 Å². The van der Waals surface area contributed by atoms with Gasteiger partial charge >= 0.3 is 0 Å². The lowest BCUT2D eigenvalue weighted by molar-refractivity contribution is 0.671. The van der Waals surface area contributed by atoms with Gasteiger partial charge in [0.2, 0.25) is 0 Å². The fourth-order valence-corrected chi connectivity index (χ4v) is 8.64. The van der Waals surface area contributed by atoms with Gasteiger partial charge in [0.25, 0.3) is 0 Å². The minimum atomic E-state index is 0.612. The SMILES string of the molecule is c1ccc(-c2nc(-c3ccccc3)nc(-c3cccc(-c4cccc5c4oc4c(-c6ccc(-c7ccc8sc(-c9ccccc9)nc8c7)cc6)cccc45)c3)n2)cc1. The van der Waals surface area contributed by atoms with Crippen LogP contribution in [0.25, 0.3) is 110 Å². The summed E-state index contributed by atoms with van der Waals surface area (Å²) in [6.07, 6.45) is 0. The van der Waals surface area contributed by atoms with E-state index in [0.29, 0.717) is 17.5 Å². The first-order valence-corrected chi connectivity index (χ1v) is 20.0. The summed E-state index contributed by atoms with van der Waals surface area (Å²) in [5, 5.41) is 3.19. The number of hydrogen-bond acceptors (Lipinski definition) is 6. The van der Waals surface area contributed by atoms with Gasteiger partial charge in [-0.05, 0) is 40.5 Å². The molecule has 3 heterocycles. The van der Waals surface area contributed by atoms with E-state index in [1.807, 2.05) is 66.7 Å². The van der Waals surface area contributed by atoms with E-state index >= 15 is 0 Å². The van der Waals surface area contributed by atoms with Crippen LogP contribution >= 0.6 is 11.3 Å². The number of aromatic nitrogens is 4. The highest BCUT2D eigenvalue weighted by atomic mass is 32.1. The van der Waals surface area contributed by atoms with Crippen LogP contribution in [0, 0.1) is 0 Å². The molecule has 0 radical (unpaired) electrons. The number of para-hydroxylation sites is 2. The first kappa shape index (κ1) is 33.8. The Bertz CT molecular complexity index is 3210. The summed E-state index contributed by atoms with van der Waals surface area (Å²) in [5.41, 5.74) is 13.1. The monoisotopic (exact) mass is 760 g/mol. The van der Waals surface area contributed by atoms with E-state index in [1.165, 1.54) is 4.70 Å². The van der Waals surface area contributed by atoms with Gasteiger partial charge in [0.05, 0.1) is 10.2 Å². The molecule has 0 fully saturated rings. The van der Waals surface area contributed by atoms with E-state index in [2.05, 4.69) is 127 Å². The molecule has 272 valence electrons. The van der Waals surface area contributed by atoms with Crippen molar-refractivity contribution in [3.05, 3.63) is 194 Å². The van der Waals surface area contributed by atoms with Crippen molar-refractivity contribution in [2.75, 3.05) is 0 Å². The van der Waals surface area contributed by atoms with Crippen molar-refractivity contribution in [3.63, 3.8) is 0 Å². The van der Waals surface area contributed by atoms with E-state index < -0.39 is 0 Å². The average Bonchev–Trinajstić information content (AvgIpc) is 3.92. The molecule has 0 bridgehead atoms. The molecule has 8 aromatic carbocycles. The molecular weight excluding hydrogens is 729 g/mol. The van der Waals surface area contributed by atoms with Crippen LogP contribution in [0.2, 0.25) is 0 Å². The maximum absolute atomic E-state index is 6.88. The number of rotatable bonds is 7.